The molecule has 3 rings (SSSR count). The summed E-state index contributed by atoms with van der Waals surface area (Å²) in [5, 5.41) is 7.47. The van der Waals surface area contributed by atoms with Gasteiger partial charge in [-0.2, -0.15) is 4.98 Å². The maximum Gasteiger partial charge on any atom is 0.224 e. The highest BCUT2D eigenvalue weighted by molar-refractivity contribution is 6.30. The Hall–Kier alpha value is -1.89. The monoisotopic (exact) mass is 375 g/mol. The highest BCUT2D eigenvalue weighted by Gasteiger charge is 2.10. The maximum atomic E-state index is 5.92. The van der Waals surface area contributed by atoms with Gasteiger partial charge in [0.1, 0.15) is 5.82 Å². The van der Waals surface area contributed by atoms with E-state index >= 15 is 0 Å². The lowest BCUT2D eigenvalue weighted by atomic mass is 10.1. The summed E-state index contributed by atoms with van der Waals surface area (Å²) in [6.07, 6.45) is 0.917. The summed E-state index contributed by atoms with van der Waals surface area (Å²) in [6.45, 7) is 8.23. The molecule has 1 aromatic carbocycles. The second-order valence-electron chi connectivity index (χ2n) is 6.40. The second-order valence-corrected chi connectivity index (χ2v) is 6.84. The van der Waals surface area contributed by atoms with Crippen LogP contribution in [0.1, 0.15) is 11.3 Å². The van der Waals surface area contributed by atoms with Crippen LogP contribution in [0.5, 0.6) is 0 Å². The zero-order valence-corrected chi connectivity index (χ0v) is 15.9. The summed E-state index contributed by atoms with van der Waals surface area (Å²) >= 11 is 5.92. The summed E-state index contributed by atoms with van der Waals surface area (Å²) in [6, 6.07) is 9.90. The third-order valence-electron chi connectivity index (χ3n) is 4.30. The quantitative estimate of drug-likeness (QED) is 0.739. The van der Waals surface area contributed by atoms with Crippen LogP contribution in [0.25, 0.3) is 0 Å². The van der Waals surface area contributed by atoms with Crippen LogP contribution >= 0.6 is 11.6 Å². The molecular weight excluding hydrogens is 350 g/mol. The molecule has 0 saturated carbocycles. The van der Waals surface area contributed by atoms with Crippen LogP contribution in [-0.2, 0) is 11.2 Å². The van der Waals surface area contributed by atoms with Crippen LogP contribution in [-0.4, -0.2) is 60.8 Å². The number of ether oxygens (including phenoxy) is 1. The predicted molar refractivity (Wildman–Crippen MR) is 106 cm³/mol. The van der Waals surface area contributed by atoms with Gasteiger partial charge in [-0.25, -0.2) is 4.98 Å². The van der Waals surface area contributed by atoms with Crippen molar-refractivity contribution in [3.05, 3.63) is 46.6 Å². The molecule has 6 nitrogen and oxygen atoms in total. The predicted octanol–water partition coefficient (Wildman–Crippen LogP) is 2.84. The minimum atomic E-state index is 0.673. The molecule has 0 atom stereocenters. The van der Waals surface area contributed by atoms with Crippen molar-refractivity contribution in [2.45, 2.75) is 13.3 Å². The Balaban J connectivity index is 1.46. The van der Waals surface area contributed by atoms with Crippen molar-refractivity contribution in [3.63, 3.8) is 0 Å². The van der Waals surface area contributed by atoms with Crippen LogP contribution in [0.15, 0.2) is 30.3 Å². The third kappa shape index (κ3) is 6.12. The number of nitrogens with zero attached hydrogens (tertiary/aromatic N) is 3. The molecule has 0 amide bonds. The van der Waals surface area contributed by atoms with Crippen LogP contribution in [0.3, 0.4) is 0 Å². The Bertz CT molecular complexity index is 689. The molecule has 2 N–H and O–H groups in total. The molecule has 1 aliphatic heterocycles. The zero-order valence-electron chi connectivity index (χ0n) is 15.2. The van der Waals surface area contributed by atoms with Crippen molar-refractivity contribution in [1.29, 1.82) is 0 Å². The van der Waals surface area contributed by atoms with Crippen LogP contribution in [0.4, 0.5) is 11.8 Å². The zero-order chi connectivity index (χ0) is 18.2. The number of hydrogen-bond acceptors (Lipinski definition) is 6. The highest BCUT2D eigenvalue weighted by atomic mass is 35.5. The maximum absolute atomic E-state index is 5.92. The first-order valence-electron chi connectivity index (χ1n) is 9.07. The normalized spacial score (nSPS) is 15.0. The average Bonchev–Trinajstić information content (AvgIpc) is 2.64. The Morgan fingerprint density at radius 1 is 1.08 bits per heavy atom. The van der Waals surface area contributed by atoms with Crippen LogP contribution in [0, 0.1) is 6.92 Å². The Kier molecular flexibility index (Phi) is 7.05. The average molecular weight is 376 g/mol. The van der Waals surface area contributed by atoms with Crippen LogP contribution in [0.2, 0.25) is 5.02 Å². The van der Waals surface area contributed by atoms with Gasteiger partial charge in [-0.1, -0.05) is 23.7 Å². The second kappa shape index (κ2) is 9.71. The number of benzene rings is 1. The van der Waals surface area contributed by atoms with Gasteiger partial charge in [0.05, 0.1) is 13.2 Å². The topological polar surface area (TPSA) is 62.3 Å². The number of hydrogen-bond donors (Lipinski definition) is 2. The molecule has 2 aromatic rings. The van der Waals surface area contributed by atoms with Crippen molar-refractivity contribution < 1.29 is 4.74 Å². The van der Waals surface area contributed by atoms with Gasteiger partial charge in [0.15, 0.2) is 0 Å². The van der Waals surface area contributed by atoms with Crippen molar-refractivity contribution in [2.24, 2.45) is 0 Å². The summed E-state index contributed by atoms with van der Waals surface area (Å²) in [5.74, 6) is 1.52. The largest absolute Gasteiger partial charge is 0.379 e. The van der Waals surface area contributed by atoms with Gasteiger partial charge < -0.3 is 15.4 Å². The van der Waals surface area contributed by atoms with Crippen molar-refractivity contribution in [3.8, 4) is 0 Å². The van der Waals surface area contributed by atoms with E-state index in [4.69, 9.17) is 16.3 Å². The smallest absolute Gasteiger partial charge is 0.224 e. The Labute approximate surface area is 159 Å². The Morgan fingerprint density at radius 2 is 1.85 bits per heavy atom. The molecule has 1 fully saturated rings. The van der Waals surface area contributed by atoms with Gasteiger partial charge in [-0.05, 0) is 31.0 Å². The van der Waals surface area contributed by atoms with Crippen molar-refractivity contribution in [1.82, 2.24) is 14.9 Å². The summed E-state index contributed by atoms with van der Waals surface area (Å²) in [7, 11) is 0. The van der Waals surface area contributed by atoms with E-state index in [1.807, 2.05) is 37.3 Å². The summed E-state index contributed by atoms with van der Waals surface area (Å²) in [4.78, 5) is 11.4. The van der Waals surface area contributed by atoms with E-state index in [1.165, 1.54) is 5.56 Å². The van der Waals surface area contributed by atoms with E-state index in [1.54, 1.807) is 0 Å². The number of rotatable bonds is 8. The molecule has 0 bridgehead atoms. The highest BCUT2D eigenvalue weighted by Crippen LogP contribution is 2.12. The van der Waals surface area contributed by atoms with E-state index < -0.39 is 0 Å². The van der Waals surface area contributed by atoms with E-state index in [0.29, 0.717) is 5.95 Å². The van der Waals surface area contributed by atoms with Gasteiger partial charge in [0.2, 0.25) is 5.95 Å². The van der Waals surface area contributed by atoms with Gasteiger partial charge in [-0.3, -0.25) is 4.90 Å². The van der Waals surface area contributed by atoms with Gasteiger partial charge in [-0.15, -0.1) is 0 Å². The van der Waals surface area contributed by atoms with Crippen molar-refractivity contribution >= 4 is 23.4 Å². The van der Waals surface area contributed by atoms with E-state index in [0.717, 1.165) is 68.9 Å². The minimum absolute atomic E-state index is 0.673. The van der Waals surface area contributed by atoms with E-state index in [9.17, 15) is 0 Å². The number of aryl methyl sites for hydroxylation is 1. The van der Waals surface area contributed by atoms with Crippen LogP contribution < -0.4 is 10.6 Å². The molecule has 0 spiro atoms. The number of halogens is 1. The number of anilines is 2. The molecule has 140 valence electrons. The lowest BCUT2D eigenvalue weighted by Gasteiger charge is -2.26. The number of nitrogens with one attached hydrogen (secondary N) is 2. The lowest BCUT2D eigenvalue weighted by molar-refractivity contribution is 0.0398. The first-order valence-corrected chi connectivity index (χ1v) is 9.45. The Morgan fingerprint density at radius 3 is 2.62 bits per heavy atom. The molecule has 0 aliphatic carbocycles. The SMILES string of the molecule is Cc1cc(NCCc2ccc(Cl)cc2)nc(NCCN2CCOCC2)n1. The molecule has 2 heterocycles. The number of aromatic nitrogens is 2. The molecule has 1 aliphatic rings. The van der Waals surface area contributed by atoms with E-state index in [-0.39, 0.29) is 0 Å². The molecule has 0 radical (unpaired) electrons. The minimum Gasteiger partial charge on any atom is -0.379 e. The molecule has 0 unspecified atom stereocenters. The van der Waals surface area contributed by atoms with Gasteiger partial charge >= 0.3 is 0 Å². The molecule has 26 heavy (non-hydrogen) atoms. The third-order valence-corrected chi connectivity index (χ3v) is 4.55. The summed E-state index contributed by atoms with van der Waals surface area (Å²) < 4.78 is 5.37. The standard InChI is InChI=1S/C19H26ClN5O/c1-15-14-18(21-7-6-16-2-4-17(20)5-3-16)24-19(23-15)22-8-9-25-10-12-26-13-11-25/h2-5,14H,6-13H2,1H3,(H2,21,22,23,24). The van der Waals surface area contributed by atoms with E-state index in [2.05, 4.69) is 25.5 Å². The fraction of sp³-hybridized carbons (Fsp3) is 0.474. The van der Waals surface area contributed by atoms with Gasteiger partial charge in [0, 0.05) is 49.5 Å². The summed E-state index contributed by atoms with van der Waals surface area (Å²) in [5.41, 5.74) is 2.19. The molecule has 7 heteroatoms. The molecular formula is C19H26ClN5O. The number of morpholine rings is 1. The van der Waals surface area contributed by atoms with Gasteiger partial charge in [0.25, 0.3) is 0 Å². The lowest BCUT2D eigenvalue weighted by Crippen LogP contribution is -2.39. The molecule has 1 aromatic heterocycles. The first kappa shape index (κ1) is 18.9. The fourth-order valence-electron chi connectivity index (χ4n) is 2.87. The fourth-order valence-corrected chi connectivity index (χ4v) is 3.00. The first-order chi connectivity index (χ1) is 12.7. The van der Waals surface area contributed by atoms with Crippen molar-refractivity contribution in [2.75, 3.05) is 56.6 Å². The molecule has 1 saturated heterocycles.